The molecule has 1 heterocycles. The summed E-state index contributed by atoms with van der Waals surface area (Å²) < 4.78 is 1.72. The molecule has 0 spiro atoms. The highest BCUT2D eigenvalue weighted by Gasteiger charge is 2.23. The highest BCUT2D eigenvalue weighted by molar-refractivity contribution is 7.99. The third-order valence-electron chi connectivity index (χ3n) is 3.67. The van der Waals surface area contributed by atoms with Crippen LogP contribution in [-0.2, 0) is 6.54 Å². The summed E-state index contributed by atoms with van der Waals surface area (Å²) in [6.45, 7) is 4.80. The molecule has 7 heteroatoms. The molecule has 2 N–H and O–H groups in total. The minimum Gasteiger partial charge on any atom is -0.335 e. The first-order valence-corrected chi connectivity index (χ1v) is 8.73. The summed E-state index contributed by atoms with van der Waals surface area (Å²) >= 11 is 2.01. The van der Waals surface area contributed by atoms with Gasteiger partial charge in [0.05, 0.1) is 6.54 Å². The van der Waals surface area contributed by atoms with Crippen LogP contribution in [0.25, 0.3) is 0 Å². The normalized spacial score (nSPS) is 23.5. The number of nitrogens with zero attached hydrogens (tertiary/aromatic N) is 3. The number of aromatic nitrogens is 3. The van der Waals surface area contributed by atoms with E-state index in [-0.39, 0.29) is 12.1 Å². The van der Waals surface area contributed by atoms with Crippen LogP contribution in [0.3, 0.4) is 0 Å². The Morgan fingerprint density at radius 3 is 3.10 bits per heavy atom. The summed E-state index contributed by atoms with van der Waals surface area (Å²) in [5.41, 5.74) is 0. The first kappa shape index (κ1) is 16.1. The van der Waals surface area contributed by atoms with Crippen LogP contribution in [0.15, 0.2) is 12.7 Å². The molecule has 0 aliphatic heterocycles. The van der Waals surface area contributed by atoms with Crippen LogP contribution >= 0.6 is 11.8 Å². The lowest BCUT2D eigenvalue weighted by Crippen LogP contribution is -2.48. The molecule has 0 aromatic carbocycles. The molecule has 1 aromatic heterocycles. The molecule has 0 unspecified atom stereocenters. The molecule has 6 nitrogen and oxygen atoms in total. The quantitative estimate of drug-likeness (QED) is 0.843. The fourth-order valence-corrected chi connectivity index (χ4v) is 3.94. The Morgan fingerprint density at radius 2 is 2.38 bits per heavy atom. The SMILES string of the molecule is CCS[C@@H]1CCC[C@H](NC(=O)N[C@@H](C)Cn2cncn2)C1. The average Bonchev–Trinajstić information content (AvgIpc) is 2.91. The molecule has 21 heavy (non-hydrogen) atoms. The van der Waals surface area contributed by atoms with Crippen LogP contribution in [0, 0.1) is 0 Å². The van der Waals surface area contributed by atoms with E-state index in [1.807, 2.05) is 18.7 Å². The van der Waals surface area contributed by atoms with E-state index >= 15 is 0 Å². The molecular formula is C14H25N5OS. The highest BCUT2D eigenvalue weighted by Crippen LogP contribution is 2.28. The molecular weight excluding hydrogens is 286 g/mol. The first-order valence-electron chi connectivity index (χ1n) is 7.68. The van der Waals surface area contributed by atoms with Gasteiger partial charge in [0.2, 0.25) is 0 Å². The minimum atomic E-state index is -0.0743. The predicted octanol–water partition coefficient (Wildman–Crippen LogP) is 2.03. The van der Waals surface area contributed by atoms with Crippen molar-refractivity contribution in [1.82, 2.24) is 25.4 Å². The van der Waals surface area contributed by atoms with E-state index in [0.29, 0.717) is 17.8 Å². The number of thioether (sulfide) groups is 1. The zero-order valence-corrected chi connectivity index (χ0v) is 13.6. The van der Waals surface area contributed by atoms with Crippen molar-refractivity contribution in [3.63, 3.8) is 0 Å². The van der Waals surface area contributed by atoms with E-state index in [1.165, 1.54) is 19.2 Å². The Hall–Kier alpha value is -1.24. The lowest BCUT2D eigenvalue weighted by Gasteiger charge is -2.29. The van der Waals surface area contributed by atoms with E-state index in [4.69, 9.17) is 0 Å². The van der Waals surface area contributed by atoms with Crippen molar-refractivity contribution in [3.05, 3.63) is 12.7 Å². The standard InChI is InChI=1S/C14H25N5OS/c1-3-21-13-6-4-5-12(7-13)18-14(20)17-11(2)8-19-10-15-9-16-19/h9-13H,3-8H2,1-2H3,(H2,17,18,20)/t11-,12-,13+/m0/s1. The Labute approximate surface area is 130 Å². The molecule has 3 atom stereocenters. The number of carbonyl (C=O) groups excluding carboxylic acids is 1. The van der Waals surface area contributed by atoms with Crippen molar-refractivity contribution in [2.45, 2.75) is 63.4 Å². The van der Waals surface area contributed by atoms with Crippen LogP contribution in [0.5, 0.6) is 0 Å². The number of amides is 2. The zero-order chi connectivity index (χ0) is 15.1. The second kappa shape index (κ2) is 8.26. The van der Waals surface area contributed by atoms with Gasteiger partial charge in [-0.25, -0.2) is 9.78 Å². The summed E-state index contributed by atoms with van der Waals surface area (Å²) in [5.74, 6) is 1.15. The van der Waals surface area contributed by atoms with Gasteiger partial charge in [0, 0.05) is 17.3 Å². The van der Waals surface area contributed by atoms with E-state index in [9.17, 15) is 4.79 Å². The van der Waals surface area contributed by atoms with Crippen molar-refractivity contribution in [2.24, 2.45) is 0 Å². The maximum Gasteiger partial charge on any atom is 0.315 e. The van der Waals surface area contributed by atoms with Crippen LogP contribution < -0.4 is 10.6 Å². The van der Waals surface area contributed by atoms with E-state index < -0.39 is 0 Å². The van der Waals surface area contributed by atoms with E-state index in [2.05, 4.69) is 27.6 Å². The Kier molecular flexibility index (Phi) is 6.35. The fourth-order valence-electron chi connectivity index (χ4n) is 2.77. The molecule has 2 rings (SSSR count). The molecule has 0 saturated heterocycles. The Bertz CT molecular complexity index is 423. The number of hydrogen-bond donors (Lipinski definition) is 2. The second-order valence-electron chi connectivity index (χ2n) is 5.58. The van der Waals surface area contributed by atoms with Crippen molar-refractivity contribution >= 4 is 17.8 Å². The van der Waals surface area contributed by atoms with Crippen LogP contribution in [-0.4, -0.2) is 43.9 Å². The number of carbonyl (C=O) groups is 1. The largest absolute Gasteiger partial charge is 0.335 e. The van der Waals surface area contributed by atoms with Crippen molar-refractivity contribution in [3.8, 4) is 0 Å². The molecule has 1 aliphatic rings. The Balaban J connectivity index is 1.71. The number of urea groups is 1. The van der Waals surface area contributed by atoms with E-state index in [1.54, 1.807) is 11.0 Å². The Morgan fingerprint density at radius 1 is 1.52 bits per heavy atom. The molecule has 1 fully saturated rings. The van der Waals surface area contributed by atoms with Gasteiger partial charge in [-0.05, 0) is 31.9 Å². The molecule has 2 amide bonds. The van der Waals surface area contributed by atoms with Crippen LogP contribution in [0.2, 0.25) is 0 Å². The maximum atomic E-state index is 12.0. The van der Waals surface area contributed by atoms with Crippen molar-refractivity contribution < 1.29 is 4.79 Å². The molecule has 1 aliphatic carbocycles. The second-order valence-corrected chi connectivity index (χ2v) is 7.15. The van der Waals surface area contributed by atoms with Crippen LogP contribution in [0.1, 0.15) is 39.5 Å². The molecule has 0 bridgehead atoms. The number of hydrogen-bond acceptors (Lipinski definition) is 4. The van der Waals surface area contributed by atoms with Gasteiger partial charge in [-0.1, -0.05) is 13.3 Å². The van der Waals surface area contributed by atoms with Gasteiger partial charge in [-0.3, -0.25) is 4.68 Å². The predicted molar refractivity (Wildman–Crippen MR) is 85.3 cm³/mol. The van der Waals surface area contributed by atoms with Crippen molar-refractivity contribution in [2.75, 3.05) is 5.75 Å². The summed E-state index contributed by atoms with van der Waals surface area (Å²) in [6.07, 6.45) is 7.82. The highest BCUT2D eigenvalue weighted by atomic mass is 32.2. The first-order chi connectivity index (χ1) is 10.2. The maximum absolute atomic E-state index is 12.0. The smallest absolute Gasteiger partial charge is 0.315 e. The topological polar surface area (TPSA) is 71.8 Å². The molecule has 1 saturated carbocycles. The van der Waals surface area contributed by atoms with Gasteiger partial charge in [-0.15, -0.1) is 0 Å². The van der Waals surface area contributed by atoms with Gasteiger partial charge >= 0.3 is 6.03 Å². The summed E-state index contributed by atoms with van der Waals surface area (Å²) in [7, 11) is 0. The van der Waals surface area contributed by atoms with Gasteiger partial charge in [0.1, 0.15) is 12.7 Å². The van der Waals surface area contributed by atoms with Gasteiger partial charge in [0.15, 0.2) is 0 Å². The van der Waals surface area contributed by atoms with E-state index in [0.717, 1.165) is 18.6 Å². The minimum absolute atomic E-state index is 0.0242. The van der Waals surface area contributed by atoms with Crippen LogP contribution in [0.4, 0.5) is 4.79 Å². The zero-order valence-electron chi connectivity index (χ0n) is 12.8. The lowest BCUT2D eigenvalue weighted by molar-refractivity contribution is 0.228. The molecule has 118 valence electrons. The third-order valence-corrected chi connectivity index (χ3v) is 4.90. The summed E-state index contributed by atoms with van der Waals surface area (Å²) in [6, 6.07) is 0.257. The summed E-state index contributed by atoms with van der Waals surface area (Å²) in [4.78, 5) is 15.9. The van der Waals surface area contributed by atoms with Gasteiger partial charge in [-0.2, -0.15) is 16.9 Å². The fraction of sp³-hybridized carbons (Fsp3) is 0.786. The number of rotatable bonds is 6. The summed E-state index contributed by atoms with van der Waals surface area (Å²) in [5, 5.41) is 10.8. The lowest BCUT2D eigenvalue weighted by atomic mass is 9.95. The van der Waals surface area contributed by atoms with Crippen molar-refractivity contribution in [1.29, 1.82) is 0 Å². The van der Waals surface area contributed by atoms with Gasteiger partial charge in [0.25, 0.3) is 0 Å². The average molecular weight is 311 g/mol. The third kappa shape index (κ3) is 5.57. The molecule has 1 aromatic rings. The monoisotopic (exact) mass is 311 g/mol. The number of nitrogens with one attached hydrogen (secondary N) is 2. The van der Waals surface area contributed by atoms with Gasteiger partial charge < -0.3 is 10.6 Å². The molecule has 0 radical (unpaired) electrons.